The van der Waals surface area contributed by atoms with Crippen LogP contribution in [0, 0.1) is 0 Å². The standard InChI is InChI=1S/C11H13ClN2O3/c1-14(6-10(15)16)5-8-3-2-7(11(13)17)4-9(8)12/h2-4H,5-6H2,1H3,(H2,13,17)(H,15,16). The molecule has 0 aliphatic heterocycles. The number of carboxylic acids is 1. The van der Waals surface area contributed by atoms with Gasteiger partial charge in [0.25, 0.3) is 0 Å². The van der Waals surface area contributed by atoms with Crippen molar-refractivity contribution in [1.82, 2.24) is 4.90 Å². The second-order valence-electron chi connectivity index (χ2n) is 3.74. The highest BCUT2D eigenvalue weighted by Gasteiger charge is 2.09. The predicted molar refractivity (Wildman–Crippen MR) is 63.9 cm³/mol. The summed E-state index contributed by atoms with van der Waals surface area (Å²) in [5, 5.41) is 9.01. The Balaban J connectivity index is 2.79. The van der Waals surface area contributed by atoms with Crippen LogP contribution in [0.25, 0.3) is 0 Å². The summed E-state index contributed by atoms with van der Waals surface area (Å²) in [4.78, 5) is 23.0. The Hall–Kier alpha value is -1.59. The van der Waals surface area contributed by atoms with Crippen molar-refractivity contribution in [2.75, 3.05) is 13.6 Å². The molecule has 0 bridgehead atoms. The minimum absolute atomic E-state index is 0.0755. The zero-order chi connectivity index (χ0) is 13.0. The number of hydrogen-bond donors (Lipinski definition) is 2. The SMILES string of the molecule is CN(CC(=O)O)Cc1ccc(C(N)=O)cc1Cl. The molecule has 0 radical (unpaired) electrons. The lowest BCUT2D eigenvalue weighted by molar-refractivity contribution is -0.138. The van der Waals surface area contributed by atoms with Gasteiger partial charge in [-0.25, -0.2) is 0 Å². The third-order valence-electron chi connectivity index (χ3n) is 2.18. The van der Waals surface area contributed by atoms with Crippen LogP contribution in [0.3, 0.4) is 0 Å². The average Bonchev–Trinajstić information content (AvgIpc) is 2.19. The number of likely N-dealkylation sites (N-methyl/N-ethyl adjacent to an activating group) is 1. The molecule has 0 atom stereocenters. The number of halogens is 1. The molecule has 1 aromatic rings. The number of primary amides is 1. The molecule has 6 heteroatoms. The maximum absolute atomic E-state index is 10.9. The van der Waals surface area contributed by atoms with E-state index in [4.69, 9.17) is 22.4 Å². The van der Waals surface area contributed by atoms with E-state index in [1.165, 1.54) is 6.07 Å². The molecule has 3 N–H and O–H groups in total. The molecule has 5 nitrogen and oxygen atoms in total. The van der Waals surface area contributed by atoms with Gasteiger partial charge >= 0.3 is 5.97 Å². The molecule has 0 aliphatic rings. The van der Waals surface area contributed by atoms with Crippen LogP contribution in [0.2, 0.25) is 5.02 Å². The molecule has 0 fully saturated rings. The molecule has 0 saturated heterocycles. The van der Waals surface area contributed by atoms with Crippen LogP contribution in [0.15, 0.2) is 18.2 Å². The number of aliphatic carboxylic acids is 1. The minimum atomic E-state index is -0.905. The highest BCUT2D eigenvalue weighted by atomic mass is 35.5. The lowest BCUT2D eigenvalue weighted by Crippen LogP contribution is -2.25. The van der Waals surface area contributed by atoms with Crippen LogP contribution in [-0.4, -0.2) is 35.5 Å². The number of hydrogen-bond acceptors (Lipinski definition) is 3. The zero-order valence-electron chi connectivity index (χ0n) is 9.31. The maximum Gasteiger partial charge on any atom is 0.317 e. The molecule has 0 saturated carbocycles. The molecule has 0 unspecified atom stereocenters. The topological polar surface area (TPSA) is 83.6 Å². The first-order chi connectivity index (χ1) is 7.90. The number of benzene rings is 1. The summed E-state index contributed by atoms with van der Waals surface area (Å²) in [7, 11) is 1.67. The summed E-state index contributed by atoms with van der Waals surface area (Å²) < 4.78 is 0. The molecular weight excluding hydrogens is 244 g/mol. The van der Waals surface area contributed by atoms with Crippen LogP contribution >= 0.6 is 11.6 Å². The number of nitrogens with zero attached hydrogens (tertiary/aromatic N) is 1. The molecule has 17 heavy (non-hydrogen) atoms. The van der Waals surface area contributed by atoms with Gasteiger partial charge in [-0.05, 0) is 24.7 Å². The van der Waals surface area contributed by atoms with Crippen LogP contribution < -0.4 is 5.73 Å². The average molecular weight is 257 g/mol. The maximum atomic E-state index is 10.9. The molecule has 1 aromatic carbocycles. The summed E-state index contributed by atoms with van der Waals surface area (Å²) in [5.41, 5.74) is 6.20. The fourth-order valence-electron chi connectivity index (χ4n) is 1.41. The largest absolute Gasteiger partial charge is 0.480 e. The predicted octanol–water partition coefficient (Wildman–Crippen LogP) is 0.955. The van der Waals surface area contributed by atoms with Crippen molar-refractivity contribution in [3.63, 3.8) is 0 Å². The van der Waals surface area contributed by atoms with Crippen molar-refractivity contribution >= 4 is 23.5 Å². The molecule has 1 rings (SSSR count). The quantitative estimate of drug-likeness (QED) is 0.822. The fourth-order valence-corrected chi connectivity index (χ4v) is 1.65. The Labute approximate surface area is 104 Å². The van der Waals surface area contributed by atoms with E-state index >= 15 is 0 Å². The summed E-state index contributed by atoms with van der Waals surface area (Å²) in [5.74, 6) is -1.45. The summed E-state index contributed by atoms with van der Waals surface area (Å²) in [6.45, 7) is 0.318. The second-order valence-corrected chi connectivity index (χ2v) is 4.14. The van der Waals surface area contributed by atoms with Gasteiger partial charge in [0.1, 0.15) is 0 Å². The molecule has 0 spiro atoms. The van der Waals surface area contributed by atoms with Gasteiger partial charge < -0.3 is 10.8 Å². The van der Waals surface area contributed by atoms with Gasteiger partial charge in [-0.2, -0.15) is 0 Å². The van der Waals surface area contributed by atoms with Gasteiger partial charge in [0.2, 0.25) is 5.91 Å². The van der Waals surface area contributed by atoms with Gasteiger partial charge in [0.05, 0.1) is 6.54 Å². The van der Waals surface area contributed by atoms with E-state index in [1.807, 2.05) is 0 Å². The number of carbonyl (C=O) groups is 2. The van der Waals surface area contributed by atoms with Crippen molar-refractivity contribution in [1.29, 1.82) is 0 Å². The third kappa shape index (κ3) is 4.05. The molecule has 1 amide bonds. The van der Waals surface area contributed by atoms with Crippen LogP contribution in [0.4, 0.5) is 0 Å². The Bertz CT molecular complexity index is 448. The normalized spacial score (nSPS) is 10.5. The first-order valence-electron chi connectivity index (χ1n) is 4.88. The molecule has 0 heterocycles. The van der Waals surface area contributed by atoms with Gasteiger partial charge in [-0.3, -0.25) is 14.5 Å². The van der Waals surface area contributed by atoms with Crippen LogP contribution in [0.5, 0.6) is 0 Å². The number of amides is 1. The van der Waals surface area contributed by atoms with Crippen molar-refractivity contribution in [3.05, 3.63) is 34.3 Å². The lowest BCUT2D eigenvalue weighted by atomic mass is 10.1. The van der Waals surface area contributed by atoms with E-state index in [2.05, 4.69) is 0 Å². The highest BCUT2D eigenvalue weighted by molar-refractivity contribution is 6.31. The van der Waals surface area contributed by atoms with Gasteiger partial charge in [0, 0.05) is 17.1 Å². The van der Waals surface area contributed by atoms with Crippen LogP contribution in [-0.2, 0) is 11.3 Å². The molecule has 92 valence electrons. The van der Waals surface area contributed by atoms with E-state index in [0.29, 0.717) is 17.1 Å². The van der Waals surface area contributed by atoms with Crippen molar-refractivity contribution in [2.45, 2.75) is 6.54 Å². The first-order valence-corrected chi connectivity index (χ1v) is 5.26. The van der Waals surface area contributed by atoms with E-state index in [-0.39, 0.29) is 6.54 Å². The summed E-state index contributed by atoms with van der Waals surface area (Å²) in [6.07, 6.45) is 0. The first kappa shape index (κ1) is 13.5. The Morgan fingerprint density at radius 2 is 2.12 bits per heavy atom. The van der Waals surface area contributed by atoms with E-state index in [9.17, 15) is 9.59 Å². The Morgan fingerprint density at radius 3 is 2.59 bits per heavy atom. The minimum Gasteiger partial charge on any atom is -0.480 e. The fraction of sp³-hybridized carbons (Fsp3) is 0.273. The highest BCUT2D eigenvalue weighted by Crippen LogP contribution is 2.19. The molecular formula is C11H13ClN2O3. The Kier molecular flexibility index (Phi) is 4.48. The van der Waals surface area contributed by atoms with Crippen molar-refractivity contribution in [3.8, 4) is 0 Å². The summed E-state index contributed by atoms with van der Waals surface area (Å²) >= 11 is 5.97. The van der Waals surface area contributed by atoms with Crippen LogP contribution in [0.1, 0.15) is 15.9 Å². The summed E-state index contributed by atoms with van der Waals surface area (Å²) in [6, 6.07) is 4.72. The molecule has 0 aromatic heterocycles. The smallest absolute Gasteiger partial charge is 0.317 e. The van der Waals surface area contributed by atoms with Crippen molar-refractivity contribution in [2.24, 2.45) is 5.73 Å². The number of carbonyl (C=O) groups excluding carboxylic acids is 1. The number of rotatable bonds is 5. The van der Waals surface area contributed by atoms with Gasteiger partial charge in [-0.15, -0.1) is 0 Å². The van der Waals surface area contributed by atoms with E-state index < -0.39 is 11.9 Å². The van der Waals surface area contributed by atoms with E-state index in [1.54, 1.807) is 24.1 Å². The lowest BCUT2D eigenvalue weighted by Gasteiger charge is -2.15. The Morgan fingerprint density at radius 1 is 1.47 bits per heavy atom. The second kappa shape index (κ2) is 5.65. The van der Waals surface area contributed by atoms with Crippen molar-refractivity contribution < 1.29 is 14.7 Å². The monoisotopic (exact) mass is 256 g/mol. The van der Waals surface area contributed by atoms with Gasteiger partial charge in [-0.1, -0.05) is 17.7 Å². The van der Waals surface area contributed by atoms with Gasteiger partial charge in [0.15, 0.2) is 0 Å². The zero-order valence-corrected chi connectivity index (χ0v) is 10.1. The number of carboxylic acid groups (broad SMARTS) is 1. The molecule has 0 aliphatic carbocycles. The number of nitrogens with two attached hydrogens (primary N) is 1. The third-order valence-corrected chi connectivity index (χ3v) is 2.53. The van der Waals surface area contributed by atoms with E-state index in [0.717, 1.165) is 5.56 Å².